The van der Waals surface area contributed by atoms with Gasteiger partial charge in [0.2, 0.25) is 0 Å². The van der Waals surface area contributed by atoms with Gasteiger partial charge in [0.05, 0.1) is 20.4 Å². The van der Waals surface area contributed by atoms with Crippen molar-refractivity contribution in [2.75, 3.05) is 20.8 Å². The minimum atomic E-state index is -0.136. The van der Waals surface area contributed by atoms with E-state index >= 15 is 0 Å². The molecule has 0 aliphatic heterocycles. The summed E-state index contributed by atoms with van der Waals surface area (Å²) in [5, 5.41) is 6.88. The molecule has 1 aromatic rings. The smallest absolute Gasteiger partial charge is 0.261 e. The predicted octanol–water partition coefficient (Wildman–Crippen LogP) is 2.75. The lowest BCUT2D eigenvalue weighted by molar-refractivity contribution is -0.126. The molecule has 1 aliphatic carbocycles. The number of carbonyl (C=O) groups is 1. The van der Waals surface area contributed by atoms with Gasteiger partial charge in [-0.3, -0.25) is 4.79 Å². The van der Waals surface area contributed by atoms with E-state index in [1.807, 2.05) is 0 Å². The van der Waals surface area contributed by atoms with E-state index in [1.54, 1.807) is 32.4 Å². The zero-order chi connectivity index (χ0) is 17.4. The Kier molecular flexibility index (Phi) is 6.90. The Labute approximate surface area is 143 Å². The highest BCUT2D eigenvalue weighted by Crippen LogP contribution is 2.24. The zero-order valence-corrected chi connectivity index (χ0v) is 14.6. The van der Waals surface area contributed by atoms with Gasteiger partial charge in [0.1, 0.15) is 11.5 Å². The van der Waals surface area contributed by atoms with Crippen LogP contribution in [0.25, 0.3) is 0 Å². The molecule has 132 valence electrons. The highest BCUT2D eigenvalue weighted by molar-refractivity contribution is 5.84. The third-order valence-corrected chi connectivity index (χ3v) is 4.36. The highest BCUT2D eigenvalue weighted by atomic mass is 16.6. The van der Waals surface area contributed by atoms with Crippen molar-refractivity contribution < 1.29 is 19.1 Å². The van der Waals surface area contributed by atoms with E-state index in [-0.39, 0.29) is 18.6 Å². The van der Waals surface area contributed by atoms with Crippen LogP contribution < -0.4 is 14.8 Å². The van der Waals surface area contributed by atoms with Crippen LogP contribution in [0.15, 0.2) is 23.4 Å². The minimum Gasteiger partial charge on any atom is -0.497 e. The van der Waals surface area contributed by atoms with Crippen LogP contribution in [0.3, 0.4) is 0 Å². The third kappa shape index (κ3) is 5.15. The molecule has 6 heteroatoms. The van der Waals surface area contributed by atoms with E-state index in [2.05, 4.69) is 17.4 Å². The molecule has 0 saturated heterocycles. The fraction of sp³-hybridized carbons (Fsp3) is 0.556. The lowest BCUT2D eigenvalue weighted by atomic mass is 9.86. The van der Waals surface area contributed by atoms with Crippen molar-refractivity contribution in [3.05, 3.63) is 23.8 Å². The van der Waals surface area contributed by atoms with Gasteiger partial charge in [-0.15, -0.1) is 0 Å². The van der Waals surface area contributed by atoms with Crippen molar-refractivity contribution in [1.29, 1.82) is 0 Å². The van der Waals surface area contributed by atoms with E-state index in [0.29, 0.717) is 17.4 Å². The first-order valence-corrected chi connectivity index (χ1v) is 8.30. The lowest BCUT2D eigenvalue weighted by Gasteiger charge is -2.29. The molecule has 1 aliphatic rings. The molecule has 1 fully saturated rings. The van der Waals surface area contributed by atoms with Crippen molar-refractivity contribution in [2.45, 2.75) is 38.6 Å². The topological polar surface area (TPSA) is 69.1 Å². The number of nitrogens with one attached hydrogen (secondary N) is 1. The number of ether oxygens (including phenoxy) is 2. The summed E-state index contributed by atoms with van der Waals surface area (Å²) in [5.74, 6) is 1.74. The second kappa shape index (κ2) is 9.15. The van der Waals surface area contributed by atoms with Gasteiger partial charge in [-0.25, -0.2) is 0 Å². The van der Waals surface area contributed by atoms with E-state index in [9.17, 15) is 4.79 Å². The van der Waals surface area contributed by atoms with Crippen molar-refractivity contribution in [1.82, 2.24) is 5.32 Å². The van der Waals surface area contributed by atoms with Crippen LogP contribution >= 0.6 is 0 Å². The first-order valence-electron chi connectivity index (χ1n) is 8.30. The Bertz CT molecular complexity index is 574. The van der Waals surface area contributed by atoms with Crippen LogP contribution in [-0.4, -0.2) is 39.0 Å². The average molecular weight is 334 g/mol. The van der Waals surface area contributed by atoms with Crippen molar-refractivity contribution in [3.8, 4) is 11.5 Å². The third-order valence-electron chi connectivity index (χ3n) is 4.36. The first kappa shape index (κ1) is 18.1. The van der Waals surface area contributed by atoms with Gasteiger partial charge in [0.15, 0.2) is 6.61 Å². The summed E-state index contributed by atoms with van der Waals surface area (Å²) in [4.78, 5) is 17.0. The highest BCUT2D eigenvalue weighted by Gasteiger charge is 2.22. The molecule has 6 nitrogen and oxygen atoms in total. The molecule has 1 amide bonds. The van der Waals surface area contributed by atoms with E-state index < -0.39 is 0 Å². The molecule has 2 rings (SSSR count). The molecular formula is C18H26N2O4. The van der Waals surface area contributed by atoms with Crippen molar-refractivity contribution in [2.24, 2.45) is 11.1 Å². The molecule has 2 atom stereocenters. The normalized spacial score (nSPS) is 20.6. The van der Waals surface area contributed by atoms with Gasteiger partial charge in [0, 0.05) is 11.6 Å². The van der Waals surface area contributed by atoms with Crippen LogP contribution in [0.4, 0.5) is 0 Å². The fourth-order valence-electron chi connectivity index (χ4n) is 2.91. The summed E-state index contributed by atoms with van der Waals surface area (Å²) < 4.78 is 10.4. The Morgan fingerprint density at radius 3 is 2.79 bits per heavy atom. The van der Waals surface area contributed by atoms with E-state index in [0.717, 1.165) is 12.0 Å². The Balaban J connectivity index is 1.82. The number of amides is 1. The second-order valence-electron chi connectivity index (χ2n) is 6.05. The molecule has 1 saturated carbocycles. The Morgan fingerprint density at radius 2 is 2.08 bits per heavy atom. The summed E-state index contributed by atoms with van der Waals surface area (Å²) in [6.45, 7) is 2.09. The van der Waals surface area contributed by atoms with Crippen LogP contribution in [0.2, 0.25) is 0 Å². The summed E-state index contributed by atoms with van der Waals surface area (Å²) in [7, 11) is 3.18. The van der Waals surface area contributed by atoms with Gasteiger partial charge in [-0.2, -0.15) is 0 Å². The Morgan fingerprint density at radius 1 is 1.29 bits per heavy atom. The number of benzene rings is 1. The van der Waals surface area contributed by atoms with Crippen molar-refractivity contribution in [3.63, 3.8) is 0 Å². The number of nitrogens with zero attached hydrogens (tertiary/aromatic N) is 1. The summed E-state index contributed by atoms with van der Waals surface area (Å²) in [6.07, 6.45) is 6.13. The molecule has 1 N–H and O–H groups in total. The maximum Gasteiger partial charge on any atom is 0.261 e. The monoisotopic (exact) mass is 334 g/mol. The van der Waals surface area contributed by atoms with E-state index in [4.69, 9.17) is 14.3 Å². The van der Waals surface area contributed by atoms with Crippen molar-refractivity contribution >= 4 is 12.1 Å². The molecule has 24 heavy (non-hydrogen) atoms. The molecule has 0 radical (unpaired) electrons. The van der Waals surface area contributed by atoms with Crippen LogP contribution in [0.1, 0.15) is 38.2 Å². The first-order chi connectivity index (χ1) is 11.6. The maximum atomic E-state index is 11.9. The van der Waals surface area contributed by atoms with Gasteiger partial charge in [-0.1, -0.05) is 24.9 Å². The molecule has 0 heterocycles. The zero-order valence-electron chi connectivity index (χ0n) is 14.6. The van der Waals surface area contributed by atoms with Crippen LogP contribution in [-0.2, 0) is 9.63 Å². The van der Waals surface area contributed by atoms with Crippen LogP contribution in [0, 0.1) is 5.92 Å². The largest absolute Gasteiger partial charge is 0.497 e. The second-order valence-corrected chi connectivity index (χ2v) is 6.05. The molecule has 0 bridgehead atoms. The van der Waals surface area contributed by atoms with Gasteiger partial charge in [0.25, 0.3) is 5.91 Å². The number of oxime groups is 1. The maximum absolute atomic E-state index is 11.9. The summed E-state index contributed by atoms with van der Waals surface area (Å²) >= 11 is 0. The number of methoxy groups -OCH3 is 2. The summed E-state index contributed by atoms with van der Waals surface area (Å²) in [5.41, 5.74) is 0.721. The molecular weight excluding hydrogens is 308 g/mol. The SMILES string of the molecule is COc1ccc(OC)c(/C=N\OCC(=O)N[C@H]2CCCC[C@H]2C)c1. The molecule has 0 aromatic heterocycles. The number of carbonyl (C=O) groups excluding carboxylic acids is 1. The number of hydrogen-bond acceptors (Lipinski definition) is 5. The predicted molar refractivity (Wildman–Crippen MR) is 92.7 cm³/mol. The molecule has 0 spiro atoms. The van der Waals surface area contributed by atoms with Gasteiger partial charge < -0.3 is 19.6 Å². The number of rotatable bonds is 7. The van der Waals surface area contributed by atoms with Crippen LogP contribution in [0.5, 0.6) is 11.5 Å². The minimum absolute atomic E-state index is 0.0913. The van der Waals surface area contributed by atoms with Gasteiger partial charge in [-0.05, 0) is 37.0 Å². The number of hydrogen-bond donors (Lipinski definition) is 1. The van der Waals surface area contributed by atoms with Gasteiger partial charge >= 0.3 is 0 Å². The fourth-order valence-corrected chi connectivity index (χ4v) is 2.91. The lowest BCUT2D eigenvalue weighted by Crippen LogP contribution is -2.42. The summed E-state index contributed by atoms with van der Waals surface area (Å²) in [6, 6.07) is 5.63. The molecule has 1 aromatic carbocycles. The van der Waals surface area contributed by atoms with E-state index in [1.165, 1.54) is 25.5 Å². The molecule has 0 unspecified atom stereocenters. The quantitative estimate of drug-likeness (QED) is 0.615. The Hall–Kier alpha value is -2.24. The average Bonchev–Trinajstić information content (AvgIpc) is 2.60. The standard InChI is InChI=1S/C18H26N2O4/c1-13-6-4-5-7-16(13)20-18(21)12-24-19-11-14-10-15(22-2)8-9-17(14)23-3/h8-11,13,16H,4-7,12H2,1-3H3,(H,20,21)/b19-11-/t13-,16+/m1/s1.